The van der Waals surface area contributed by atoms with E-state index in [2.05, 4.69) is 15.1 Å². The van der Waals surface area contributed by atoms with E-state index in [4.69, 9.17) is 9.26 Å². The molecule has 0 aliphatic rings. The Bertz CT molecular complexity index is 1030. The number of hydrogen-bond acceptors (Lipinski definition) is 6. The second kappa shape index (κ2) is 7.05. The number of methoxy groups -OCH3 is 1. The monoisotopic (exact) mass is 367 g/mol. The van der Waals surface area contributed by atoms with E-state index in [0.717, 1.165) is 21.8 Å². The van der Waals surface area contributed by atoms with E-state index < -0.39 is 0 Å². The zero-order valence-electron chi connectivity index (χ0n) is 13.8. The number of aromatic nitrogens is 3. The van der Waals surface area contributed by atoms with Gasteiger partial charge in [0, 0.05) is 10.9 Å². The summed E-state index contributed by atoms with van der Waals surface area (Å²) in [4.78, 5) is 9.00. The average molecular weight is 367 g/mol. The minimum absolute atomic E-state index is 0.265. The number of para-hydroxylation sites is 1. The van der Waals surface area contributed by atoms with Gasteiger partial charge in [-0.15, -0.1) is 11.3 Å². The summed E-state index contributed by atoms with van der Waals surface area (Å²) >= 11 is 1.50. The first-order valence-corrected chi connectivity index (χ1v) is 8.77. The summed E-state index contributed by atoms with van der Waals surface area (Å²) in [7, 11) is 1.60. The van der Waals surface area contributed by atoms with Crippen molar-refractivity contribution in [1.29, 1.82) is 0 Å². The van der Waals surface area contributed by atoms with Crippen molar-refractivity contribution < 1.29 is 13.7 Å². The van der Waals surface area contributed by atoms with Crippen LogP contribution in [0.3, 0.4) is 0 Å². The van der Waals surface area contributed by atoms with E-state index in [1.165, 1.54) is 23.5 Å². The van der Waals surface area contributed by atoms with E-state index in [9.17, 15) is 4.39 Å². The van der Waals surface area contributed by atoms with Crippen LogP contribution in [0.1, 0.15) is 10.9 Å². The van der Waals surface area contributed by atoms with Crippen LogP contribution in [0.2, 0.25) is 0 Å². The third-order valence-corrected chi connectivity index (χ3v) is 4.66. The van der Waals surface area contributed by atoms with Crippen LogP contribution in [0.5, 0.6) is 5.75 Å². The first-order valence-electron chi connectivity index (χ1n) is 7.89. The molecule has 4 aromatic rings. The number of benzene rings is 2. The molecule has 0 saturated carbocycles. The largest absolute Gasteiger partial charge is 0.496 e. The molecule has 130 valence electrons. The predicted octanol–water partition coefficient (Wildman–Crippen LogP) is 4.60. The van der Waals surface area contributed by atoms with E-state index in [0.29, 0.717) is 23.9 Å². The van der Waals surface area contributed by atoms with Crippen molar-refractivity contribution in [2.45, 2.75) is 6.42 Å². The standard InChI is InChI=1S/C19H14FN3O2S/c1-24-16-5-3-2-4-14(16)19-22-17(25-23-19)10-18-21-15(11-26-18)12-6-8-13(20)9-7-12/h2-9,11H,10H2,1H3. The van der Waals surface area contributed by atoms with Crippen molar-refractivity contribution in [2.24, 2.45) is 0 Å². The fraction of sp³-hybridized carbons (Fsp3) is 0.105. The zero-order chi connectivity index (χ0) is 17.9. The van der Waals surface area contributed by atoms with Gasteiger partial charge in [0.1, 0.15) is 16.6 Å². The second-order valence-electron chi connectivity index (χ2n) is 5.52. The van der Waals surface area contributed by atoms with Gasteiger partial charge in [-0.1, -0.05) is 17.3 Å². The average Bonchev–Trinajstić information content (AvgIpc) is 3.32. The summed E-state index contributed by atoms with van der Waals surface area (Å²) in [6.07, 6.45) is 0.439. The van der Waals surface area contributed by atoms with E-state index >= 15 is 0 Å². The number of rotatable bonds is 5. The molecule has 26 heavy (non-hydrogen) atoms. The van der Waals surface area contributed by atoms with Crippen molar-refractivity contribution in [3.63, 3.8) is 0 Å². The third-order valence-electron chi connectivity index (χ3n) is 3.81. The Morgan fingerprint density at radius 1 is 1.08 bits per heavy atom. The molecule has 0 aliphatic heterocycles. The molecule has 4 rings (SSSR count). The summed E-state index contributed by atoms with van der Waals surface area (Å²) in [6, 6.07) is 13.8. The van der Waals surface area contributed by atoms with Crippen molar-refractivity contribution in [2.75, 3.05) is 7.11 Å². The number of ether oxygens (including phenoxy) is 1. The molecular weight excluding hydrogens is 353 g/mol. The molecule has 2 aromatic carbocycles. The van der Waals surface area contributed by atoms with Crippen molar-refractivity contribution >= 4 is 11.3 Å². The van der Waals surface area contributed by atoms with Gasteiger partial charge in [-0.3, -0.25) is 0 Å². The molecule has 5 nitrogen and oxygen atoms in total. The van der Waals surface area contributed by atoms with E-state index in [1.807, 2.05) is 29.6 Å². The highest BCUT2D eigenvalue weighted by Gasteiger charge is 2.14. The van der Waals surface area contributed by atoms with Crippen molar-refractivity contribution in [1.82, 2.24) is 15.1 Å². The van der Waals surface area contributed by atoms with Crippen LogP contribution < -0.4 is 4.74 Å². The van der Waals surface area contributed by atoms with E-state index in [1.54, 1.807) is 19.2 Å². The number of nitrogens with zero attached hydrogens (tertiary/aromatic N) is 3. The Morgan fingerprint density at radius 2 is 1.88 bits per heavy atom. The lowest BCUT2D eigenvalue weighted by Gasteiger charge is -2.02. The van der Waals surface area contributed by atoms with Crippen LogP contribution in [-0.2, 0) is 6.42 Å². The summed E-state index contributed by atoms with van der Waals surface area (Å²) in [6.45, 7) is 0. The van der Waals surface area contributed by atoms with Gasteiger partial charge < -0.3 is 9.26 Å². The van der Waals surface area contributed by atoms with Crippen molar-refractivity contribution in [3.05, 3.63) is 70.6 Å². The van der Waals surface area contributed by atoms with Crippen LogP contribution in [0, 0.1) is 5.82 Å². The smallest absolute Gasteiger partial charge is 0.233 e. The normalized spacial score (nSPS) is 10.8. The summed E-state index contributed by atoms with van der Waals surface area (Å²) in [5, 5.41) is 6.81. The lowest BCUT2D eigenvalue weighted by molar-refractivity contribution is 0.384. The summed E-state index contributed by atoms with van der Waals surface area (Å²) < 4.78 is 23.7. The fourth-order valence-electron chi connectivity index (χ4n) is 2.54. The maximum atomic E-state index is 13.0. The Labute approximate surface area is 153 Å². The molecular formula is C19H14FN3O2S. The van der Waals surface area contributed by atoms with Crippen molar-refractivity contribution in [3.8, 4) is 28.4 Å². The highest BCUT2D eigenvalue weighted by Crippen LogP contribution is 2.28. The van der Waals surface area contributed by atoms with Gasteiger partial charge in [-0.25, -0.2) is 9.37 Å². The number of thiazole rings is 1. The van der Waals surface area contributed by atoms with Crippen LogP contribution in [-0.4, -0.2) is 22.2 Å². The van der Waals surface area contributed by atoms with Gasteiger partial charge >= 0.3 is 0 Å². The van der Waals surface area contributed by atoms with Crippen LogP contribution in [0.25, 0.3) is 22.6 Å². The quantitative estimate of drug-likeness (QED) is 0.516. The van der Waals surface area contributed by atoms with Crippen LogP contribution in [0.15, 0.2) is 58.4 Å². The molecule has 0 radical (unpaired) electrons. The summed E-state index contributed by atoms with van der Waals surface area (Å²) in [5.74, 6) is 1.38. The minimum Gasteiger partial charge on any atom is -0.496 e. The Balaban J connectivity index is 1.54. The lowest BCUT2D eigenvalue weighted by Crippen LogP contribution is -1.90. The molecule has 0 amide bonds. The van der Waals surface area contributed by atoms with Gasteiger partial charge in [0.25, 0.3) is 0 Å². The third kappa shape index (κ3) is 3.34. The highest BCUT2D eigenvalue weighted by atomic mass is 32.1. The topological polar surface area (TPSA) is 61.0 Å². The highest BCUT2D eigenvalue weighted by molar-refractivity contribution is 7.10. The second-order valence-corrected chi connectivity index (χ2v) is 6.46. The maximum absolute atomic E-state index is 13.0. The SMILES string of the molecule is COc1ccccc1-c1noc(Cc2nc(-c3ccc(F)cc3)cs2)n1. The minimum atomic E-state index is -0.265. The van der Waals surface area contributed by atoms with Crippen LogP contribution >= 0.6 is 11.3 Å². The zero-order valence-corrected chi connectivity index (χ0v) is 14.7. The lowest BCUT2D eigenvalue weighted by atomic mass is 10.2. The molecule has 0 saturated heterocycles. The molecule has 0 fully saturated rings. The Hall–Kier alpha value is -3.06. The molecule has 7 heteroatoms. The first-order chi connectivity index (χ1) is 12.7. The molecule has 0 unspecified atom stereocenters. The summed E-state index contributed by atoms with van der Waals surface area (Å²) in [5.41, 5.74) is 2.44. The molecule has 2 heterocycles. The van der Waals surface area contributed by atoms with Gasteiger partial charge in [0.2, 0.25) is 11.7 Å². The fourth-order valence-corrected chi connectivity index (χ4v) is 3.33. The van der Waals surface area contributed by atoms with Gasteiger partial charge in [0.15, 0.2) is 0 Å². The molecule has 0 N–H and O–H groups in total. The number of hydrogen-bond donors (Lipinski definition) is 0. The Kier molecular flexibility index (Phi) is 4.45. The van der Waals surface area contributed by atoms with Gasteiger partial charge in [-0.2, -0.15) is 4.98 Å². The Morgan fingerprint density at radius 3 is 2.69 bits per heavy atom. The molecule has 0 atom stereocenters. The van der Waals surface area contributed by atoms with Gasteiger partial charge in [0.05, 0.1) is 24.8 Å². The molecule has 0 aliphatic carbocycles. The number of halogens is 1. The van der Waals surface area contributed by atoms with E-state index in [-0.39, 0.29) is 5.82 Å². The van der Waals surface area contributed by atoms with Gasteiger partial charge in [-0.05, 0) is 36.4 Å². The molecule has 0 spiro atoms. The predicted molar refractivity (Wildman–Crippen MR) is 96.6 cm³/mol. The first kappa shape index (κ1) is 16.4. The molecule has 0 bridgehead atoms. The van der Waals surface area contributed by atoms with Crippen LogP contribution in [0.4, 0.5) is 4.39 Å². The maximum Gasteiger partial charge on any atom is 0.233 e. The molecule has 2 aromatic heterocycles.